The van der Waals surface area contributed by atoms with E-state index in [0.717, 1.165) is 4.88 Å². The van der Waals surface area contributed by atoms with Gasteiger partial charge in [-0.05, 0) is 26.8 Å². The lowest BCUT2D eigenvalue weighted by Gasteiger charge is -2.21. The Bertz CT molecular complexity index is 775. The quantitative estimate of drug-likeness (QED) is 0.867. The first-order valence-electron chi connectivity index (χ1n) is 6.20. The van der Waals surface area contributed by atoms with Crippen LogP contribution in [0, 0.1) is 6.92 Å². The molecule has 2 aromatic heterocycles. The summed E-state index contributed by atoms with van der Waals surface area (Å²) < 4.78 is 1.17. The van der Waals surface area contributed by atoms with Gasteiger partial charge in [0.1, 0.15) is 16.9 Å². The first-order chi connectivity index (χ1) is 9.70. The lowest BCUT2D eigenvalue weighted by atomic mass is 10.1. The van der Waals surface area contributed by atoms with Crippen LogP contribution in [0.2, 0.25) is 0 Å². The second-order valence-corrected chi connectivity index (χ2v) is 6.47. The summed E-state index contributed by atoms with van der Waals surface area (Å²) in [5, 5.41) is 11.8. The summed E-state index contributed by atoms with van der Waals surface area (Å²) in [5.74, 6) is -1.71. The van der Waals surface area contributed by atoms with Crippen molar-refractivity contribution in [2.75, 3.05) is 0 Å². The van der Waals surface area contributed by atoms with Gasteiger partial charge in [-0.15, -0.1) is 11.3 Å². The maximum atomic E-state index is 12.2. The third kappa shape index (κ3) is 3.10. The highest BCUT2D eigenvalue weighted by atomic mass is 32.1. The number of thiophene rings is 1. The van der Waals surface area contributed by atoms with Gasteiger partial charge >= 0.3 is 5.97 Å². The molecule has 0 atom stereocenters. The van der Waals surface area contributed by atoms with E-state index in [9.17, 15) is 14.4 Å². The predicted octanol–water partition coefficient (Wildman–Crippen LogP) is 0.746. The number of fused-ring (bicyclic) bond motifs is 1. The van der Waals surface area contributed by atoms with E-state index in [1.165, 1.54) is 36.1 Å². The number of hydrogen-bond acceptors (Lipinski definition) is 5. The van der Waals surface area contributed by atoms with Gasteiger partial charge in [-0.25, -0.2) is 9.78 Å². The minimum Gasteiger partial charge on any atom is -0.480 e. The SMILES string of the molecule is Cc1cc2c(=O)n(CC(=O)NC(C)(C)C(=O)O)cnc2s1. The topological polar surface area (TPSA) is 101 Å². The number of rotatable bonds is 4. The highest BCUT2D eigenvalue weighted by molar-refractivity contribution is 7.18. The molecule has 112 valence electrons. The molecule has 8 heteroatoms. The van der Waals surface area contributed by atoms with Crippen molar-refractivity contribution in [3.63, 3.8) is 0 Å². The molecule has 0 aliphatic rings. The van der Waals surface area contributed by atoms with E-state index in [2.05, 4.69) is 10.3 Å². The molecule has 0 aromatic carbocycles. The molecule has 0 fully saturated rings. The monoisotopic (exact) mass is 309 g/mol. The van der Waals surface area contributed by atoms with Crippen LogP contribution in [0.1, 0.15) is 18.7 Å². The van der Waals surface area contributed by atoms with Crippen LogP contribution in [0.5, 0.6) is 0 Å². The summed E-state index contributed by atoms with van der Waals surface area (Å²) in [4.78, 5) is 40.8. The van der Waals surface area contributed by atoms with Gasteiger partial charge in [0.15, 0.2) is 0 Å². The fraction of sp³-hybridized carbons (Fsp3) is 0.385. The van der Waals surface area contributed by atoms with Crippen LogP contribution in [0.15, 0.2) is 17.2 Å². The van der Waals surface area contributed by atoms with Crippen molar-refractivity contribution in [1.82, 2.24) is 14.9 Å². The van der Waals surface area contributed by atoms with Gasteiger partial charge < -0.3 is 10.4 Å². The molecule has 0 radical (unpaired) electrons. The zero-order valence-electron chi connectivity index (χ0n) is 11.8. The molecule has 1 amide bonds. The third-order valence-electron chi connectivity index (χ3n) is 2.94. The number of aromatic nitrogens is 2. The fourth-order valence-corrected chi connectivity index (χ4v) is 2.63. The average Bonchev–Trinajstić information content (AvgIpc) is 2.73. The first kappa shape index (κ1) is 15.2. The van der Waals surface area contributed by atoms with Crippen molar-refractivity contribution >= 4 is 33.4 Å². The lowest BCUT2D eigenvalue weighted by molar-refractivity contribution is -0.146. The van der Waals surface area contributed by atoms with Crippen LogP contribution >= 0.6 is 11.3 Å². The van der Waals surface area contributed by atoms with Crippen LogP contribution in [0.3, 0.4) is 0 Å². The number of amides is 1. The van der Waals surface area contributed by atoms with E-state index in [4.69, 9.17) is 5.11 Å². The zero-order chi connectivity index (χ0) is 15.8. The van der Waals surface area contributed by atoms with Crippen molar-refractivity contribution in [3.05, 3.63) is 27.6 Å². The summed E-state index contributed by atoms with van der Waals surface area (Å²) in [5.41, 5.74) is -1.70. The smallest absolute Gasteiger partial charge is 0.328 e. The standard InChI is InChI=1S/C13H15N3O4S/c1-7-4-8-10(21-7)14-6-16(11(8)18)5-9(17)15-13(2,3)12(19)20/h4,6H,5H2,1-3H3,(H,15,17)(H,19,20). The molecule has 2 rings (SSSR count). The number of carbonyl (C=O) groups is 2. The van der Waals surface area contributed by atoms with E-state index in [1.807, 2.05) is 6.92 Å². The fourth-order valence-electron chi connectivity index (χ4n) is 1.79. The molecular weight excluding hydrogens is 294 g/mol. The molecule has 2 heterocycles. The summed E-state index contributed by atoms with van der Waals surface area (Å²) >= 11 is 1.41. The molecule has 7 nitrogen and oxygen atoms in total. The normalized spacial score (nSPS) is 11.6. The van der Waals surface area contributed by atoms with Gasteiger partial charge in [0.25, 0.3) is 5.56 Å². The summed E-state index contributed by atoms with van der Waals surface area (Å²) in [6, 6.07) is 1.73. The van der Waals surface area contributed by atoms with Gasteiger partial charge in [0.2, 0.25) is 5.91 Å². The van der Waals surface area contributed by atoms with Crippen LogP contribution in [-0.4, -0.2) is 32.1 Å². The Morgan fingerprint density at radius 2 is 2.14 bits per heavy atom. The molecule has 0 bridgehead atoms. The highest BCUT2D eigenvalue weighted by Crippen LogP contribution is 2.19. The van der Waals surface area contributed by atoms with Crippen molar-refractivity contribution < 1.29 is 14.7 Å². The molecule has 2 N–H and O–H groups in total. The van der Waals surface area contributed by atoms with Crippen molar-refractivity contribution in [3.8, 4) is 0 Å². The molecule has 0 aliphatic heterocycles. The molecule has 0 saturated heterocycles. The first-order valence-corrected chi connectivity index (χ1v) is 7.02. The number of carboxylic acid groups (broad SMARTS) is 1. The highest BCUT2D eigenvalue weighted by Gasteiger charge is 2.29. The third-order valence-corrected chi connectivity index (χ3v) is 3.90. The van der Waals surface area contributed by atoms with Gasteiger partial charge in [-0.3, -0.25) is 14.2 Å². The van der Waals surface area contributed by atoms with E-state index < -0.39 is 17.4 Å². The van der Waals surface area contributed by atoms with Gasteiger partial charge in [-0.2, -0.15) is 0 Å². The Balaban J connectivity index is 2.24. The molecule has 0 aliphatic carbocycles. The van der Waals surface area contributed by atoms with E-state index in [0.29, 0.717) is 10.2 Å². The van der Waals surface area contributed by atoms with Gasteiger partial charge in [0, 0.05) is 4.88 Å². The summed E-state index contributed by atoms with van der Waals surface area (Å²) in [6.07, 6.45) is 1.30. The molecule has 2 aromatic rings. The summed E-state index contributed by atoms with van der Waals surface area (Å²) in [7, 11) is 0. The predicted molar refractivity (Wildman–Crippen MR) is 78.5 cm³/mol. The molecule has 0 spiro atoms. The lowest BCUT2D eigenvalue weighted by Crippen LogP contribution is -2.51. The Labute approximate surface area is 124 Å². The van der Waals surface area contributed by atoms with Crippen LogP contribution in [-0.2, 0) is 16.1 Å². The zero-order valence-corrected chi connectivity index (χ0v) is 12.7. The van der Waals surface area contributed by atoms with E-state index >= 15 is 0 Å². The minimum absolute atomic E-state index is 0.270. The van der Waals surface area contributed by atoms with Gasteiger partial charge in [0.05, 0.1) is 11.7 Å². The van der Waals surface area contributed by atoms with Gasteiger partial charge in [-0.1, -0.05) is 0 Å². The number of hydrogen-bond donors (Lipinski definition) is 2. The molecule has 21 heavy (non-hydrogen) atoms. The van der Waals surface area contributed by atoms with Crippen molar-refractivity contribution in [1.29, 1.82) is 0 Å². The number of aryl methyl sites for hydroxylation is 1. The molecule has 0 unspecified atom stereocenters. The number of carbonyl (C=O) groups excluding carboxylic acids is 1. The van der Waals surface area contributed by atoms with Crippen molar-refractivity contribution in [2.24, 2.45) is 0 Å². The number of aliphatic carboxylic acids is 1. The second-order valence-electron chi connectivity index (χ2n) is 5.23. The number of nitrogens with zero attached hydrogens (tertiary/aromatic N) is 2. The van der Waals surface area contributed by atoms with Crippen molar-refractivity contribution in [2.45, 2.75) is 32.9 Å². The molecular formula is C13H15N3O4S. The Hall–Kier alpha value is -2.22. The van der Waals surface area contributed by atoms with Crippen LogP contribution < -0.4 is 10.9 Å². The maximum Gasteiger partial charge on any atom is 0.328 e. The largest absolute Gasteiger partial charge is 0.480 e. The van der Waals surface area contributed by atoms with Crippen LogP contribution in [0.25, 0.3) is 10.2 Å². The Kier molecular flexibility index (Phi) is 3.82. The number of carboxylic acids is 1. The van der Waals surface area contributed by atoms with E-state index in [1.54, 1.807) is 6.07 Å². The van der Waals surface area contributed by atoms with E-state index in [-0.39, 0.29) is 12.1 Å². The number of nitrogens with one attached hydrogen (secondary N) is 1. The average molecular weight is 309 g/mol. The Morgan fingerprint density at radius 3 is 2.76 bits per heavy atom. The maximum absolute atomic E-state index is 12.2. The minimum atomic E-state index is -1.39. The van der Waals surface area contributed by atoms with Crippen LogP contribution in [0.4, 0.5) is 0 Å². The summed E-state index contributed by atoms with van der Waals surface area (Å²) in [6.45, 7) is 4.35. The molecule has 0 saturated carbocycles. The Morgan fingerprint density at radius 1 is 1.48 bits per heavy atom. The second kappa shape index (κ2) is 5.28.